The first-order valence-corrected chi connectivity index (χ1v) is 7.47. The zero-order valence-corrected chi connectivity index (χ0v) is 12.6. The van der Waals surface area contributed by atoms with E-state index in [9.17, 15) is 4.79 Å². The van der Waals surface area contributed by atoms with Gasteiger partial charge in [-0.3, -0.25) is 4.79 Å². The maximum Gasteiger partial charge on any atom is 0.227 e. The maximum absolute atomic E-state index is 12.4. The molecule has 4 nitrogen and oxygen atoms in total. The number of rotatable bonds is 3. The van der Waals surface area contributed by atoms with Crippen molar-refractivity contribution in [3.63, 3.8) is 0 Å². The molecule has 0 saturated carbocycles. The fourth-order valence-electron chi connectivity index (χ4n) is 2.93. The molecule has 2 aromatic rings. The van der Waals surface area contributed by atoms with Gasteiger partial charge in [0.05, 0.1) is 6.42 Å². The molecule has 0 aliphatic carbocycles. The van der Waals surface area contributed by atoms with Crippen molar-refractivity contribution in [3.05, 3.63) is 53.1 Å². The monoisotopic (exact) mass is 283 g/mol. The Morgan fingerprint density at radius 2 is 2.19 bits per heavy atom. The highest BCUT2D eigenvalue weighted by Crippen LogP contribution is 2.25. The van der Waals surface area contributed by atoms with Crippen LogP contribution in [-0.2, 0) is 11.2 Å². The summed E-state index contributed by atoms with van der Waals surface area (Å²) in [6.07, 6.45) is 3.34. The van der Waals surface area contributed by atoms with Crippen molar-refractivity contribution >= 4 is 5.91 Å². The number of likely N-dealkylation sites (tertiary alicyclic amines) is 1. The zero-order valence-electron chi connectivity index (χ0n) is 12.6. The van der Waals surface area contributed by atoms with Gasteiger partial charge in [-0.25, -0.2) is 4.98 Å². The molecule has 1 atom stereocenters. The third-order valence-electron chi connectivity index (χ3n) is 4.25. The summed E-state index contributed by atoms with van der Waals surface area (Å²) in [6, 6.07) is 8.10. The summed E-state index contributed by atoms with van der Waals surface area (Å²) in [5.74, 6) is 1.58. The van der Waals surface area contributed by atoms with Crippen LogP contribution >= 0.6 is 0 Å². The highest BCUT2D eigenvalue weighted by atomic mass is 16.2. The summed E-state index contributed by atoms with van der Waals surface area (Å²) < 4.78 is 0. The van der Waals surface area contributed by atoms with E-state index in [2.05, 4.69) is 23.0 Å². The number of aromatic amines is 1. The molecule has 1 aliphatic rings. The number of hydrogen-bond acceptors (Lipinski definition) is 2. The van der Waals surface area contributed by atoms with Crippen molar-refractivity contribution in [1.29, 1.82) is 0 Å². The van der Waals surface area contributed by atoms with Crippen molar-refractivity contribution in [3.8, 4) is 0 Å². The Kier molecular flexibility index (Phi) is 3.78. The quantitative estimate of drug-likeness (QED) is 0.941. The van der Waals surface area contributed by atoms with Crippen LogP contribution in [0.2, 0.25) is 0 Å². The first-order chi connectivity index (χ1) is 10.1. The Labute approximate surface area is 125 Å². The summed E-state index contributed by atoms with van der Waals surface area (Å²) in [5.41, 5.74) is 3.39. The van der Waals surface area contributed by atoms with E-state index in [-0.39, 0.29) is 5.91 Å². The van der Waals surface area contributed by atoms with E-state index >= 15 is 0 Å². The summed E-state index contributed by atoms with van der Waals surface area (Å²) in [4.78, 5) is 22.1. The fraction of sp³-hybridized carbons (Fsp3) is 0.412. The number of carbonyl (C=O) groups excluding carboxylic acids is 1. The lowest BCUT2D eigenvalue weighted by Crippen LogP contribution is -2.30. The third-order valence-corrected chi connectivity index (χ3v) is 4.25. The van der Waals surface area contributed by atoms with Crippen LogP contribution in [0.1, 0.15) is 35.0 Å². The van der Waals surface area contributed by atoms with Gasteiger partial charge in [0.15, 0.2) is 0 Å². The molecule has 1 fully saturated rings. The topological polar surface area (TPSA) is 49.0 Å². The summed E-state index contributed by atoms with van der Waals surface area (Å²) >= 11 is 0. The molecule has 1 aliphatic heterocycles. The first kappa shape index (κ1) is 13.9. The van der Waals surface area contributed by atoms with Crippen molar-refractivity contribution in [1.82, 2.24) is 14.9 Å². The lowest BCUT2D eigenvalue weighted by Gasteiger charge is -2.17. The molecule has 21 heavy (non-hydrogen) atoms. The van der Waals surface area contributed by atoms with Crippen LogP contribution < -0.4 is 0 Å². The molecule has 3 rings (SSSR count). The Bertz CT molecular complexity index is 647. The number of benzene rings is 1. The molecular weight excluding hydrogens is 262 g/mol. The van der Waals surface area contributed by atoms with Crippen molar-refractivity contribution in [2.24, 2.45) is 0 Å². The summed E-state index contributed by atoms with van der Waals surface area (Å²) in [7, 11) is 0. The number of H-pyrrole nitrogens is 1. The number of aryl methyl sites for hydroxylation is 2. The molecule has 1 saturated heterocycles. The van der Waals surface area contributed by atoms with Crippen LogP contribution in [0.15, 0.2) is 30.5 Å². The van der Waals surface area contributed by atoms with E-state index in [0.717, 1.165) is 36.6 Å². The number of nitrogens with one attached hydrogen (secondary N) is 1. The molecule has 1 aromatic heterocycles. The van der Waals surface area contributed by atoms with Gasteiger partial charge in [0.2, 0.25) is 5.91 Å². The number of hydrogen-bond donors (Lipinski definition) is 1. The van der Waals surface area contributed by atoms with Gasteiger partial charge in [-0.1, -0.05) is 24.3 Å². The van der Waals surface area contributed by atoms with E-state index in [1.54, 1.807) is 0 Å². The zero-order chi connectivity index (χ0) is 14.8. The molecular formula is C17H21N3O. The molecule has 1 N–H and O–H groups in total. The number of carbonyl (C=O) groups is 1. The molecule has 1 aromatic carbocycles. The second-order valence-electron chi connectivity index (χ2n) is 5.88. The van der Waals surface area contributed by atoms with Crippen LogP contribution in [0, 0.1) is 13.8 Å². The number of amides is 1. The normalized spacial score (nSPS) is 18.2. The van der Waals surface area contributed by atoms with Crippen LogP contribution in [0.3, 0.4) is 0 Å². The van der Waals surface area contributed by atoms with Crippen molar-refractivity contribution < 1.29 is 4.79 Å². The van der Waals surface area contributed by atoms with Crippen LogP contribution in [0.4, 0.5) is 0 Å². The van der Waals surface area contributed by atoms with Crippen molar-refractivity contribution in [2.45, 2.75) is 32.6 Å². The highest BCUT2D eigenvalue weighted by Gasteiger charge is 2.28. The van der Waals surface area contributed by atoms with Gasteiger partial charge in [-0.15, -0.1) is 0 Å². The van der Waals surface area contributed by atoms with E-state index in [1.165, 1.54) is 5.56 Å². The van der Waals surface area contributed by atoms with Crippen LogP contribution in [0.25, 0.3) is 0 Å². The van der Waals surface area contributed by atoms with E-state index in [4.69, 9.17) is 0 Å². The number of aromatic nitrogens is 2. The predicted molar refractivity (Wildman–Crippen MR) is 82.1 cm³/mol. The Morgan fingerprint density at radius 1 is 1.38 bits per heavy atom. The molecule has 4 heteroatoms. The second kappa shape index (κ2) is 5.72. The van der Waals surface area contributed by atoms with Crippen LogP contribution in [-0.4, -0.2) is 33.9 Å². The lowest BCUT2D eigenvalue weighted by atomic mass is 10.1. The van der Waals surface area contributed by atoms with Gasteiger partial charge in [-0.05, 0) is 31.4 Å². The average molecular weight is 283 g/mol. The Hall–Kier alpha value is -2.10. The molecule has 0 unspecified atom stereocenters. The van der Waals surface area contributed by atoms with E-state index in [1.807, 2.05) is 36.2 Å². The number of imidazole rings is 1. The average Bonchev–Trinajstić information content (AvgIpc) is 3.10. The van der Waals surface area contributed by atoms with Gasteiger partial charge in [0.1, 0.15) is 5.82 Å². The summed E-state index contributed by atoms with van der Waals surface area (Å²) in [5, 5.41) is 0. The van der Waals surface area contributed by atoms with Crippen LogP contribution in [0.5, 0.6) is 0 Å². The Morgan fingerprint density at radius 3 is 2.90 bits per heavy atom. The highest BCUT2D eigenvalue weighted by molar-refractivity contribution is 5.79. The fourth-order valence-corrected chi connectivity index (χ4v) is 2.93. The second-order valence-corrected chi connectivity index (χ2v) is 5.88. The maximum atomic E-state index is 12.4. The number of nitrogens with zero attached hydrogens (tertiary/aromatic N) is 2. The standard InChI is InChI=1S/C17H21N3O/c1-12-5-3-4-6-14(12)9-16(21)20-8-7-15(11-20)17-18-10-13(2)19-17/h3-6,10,15H,7-9,11H2,1-2H3,(H,18,19)/t15-/m1/s1. The third kappa shape index (κ3) is 2.99. The minimum atomic E-state index is 0.218. The lowest BCUT2D eigenvalue weighted by molar-refractivity contribution is -0.129. The molecule has 2 heterocycles. The minimum Gasteiger partial charge on any atom is -0.346 e. The SMILES string of the molecule is Cc1cnc([C@@H]2CCN(C(=O)Cc3ccccc3C)C2)[nH]1. The smallest absolute Gasteiger partial charge is 0.227 e. The Balaban J connectivity index is 1.63. The van der Waals surface area contributed by atoms with E-state index in [0.29, 0.717) is 12.3 Å². The minimum absolute atomic E-state index is 0.218. The summed E-state index contributed by atoms with van der Waals surface area (Å²) in [6.45, 7) is 5.67. The van der Waals surface area contributed by atoms with Gasteiger partial charge in [-0.2, -0.15) is 0 Å². The predicted octanol–water partition coefficient (Wildman–Crippen LogP) is 2.59. The largest absolute Gasteiger partial charge is 0.346 e. The molecule has 0 bridgehead atoms. The molecule has 0 radical (unpaired) electrons. The molecule has 0 spiro atoms. The van der Waals surface area contributed by atoms with Crippen molar-refractivity contribution in [2.75, 3.05) is 13.1 Å². The van der Waals surface area contributed by atoms with Gasteiger partial charge in [0.25, 0.3) is 0 Å². The molecule has 110 valence electrons. The first-order valence-electron chi connectivity index (χ1n) is 7.47. The van der Waals surface area contributed by atoms with Gasteiger partial charge >= 0.3 is 0 Å². The molecule has 1 amide bonds. The van der Waals surface area contributed by atoms with Gasteiger partial charge < -0.3 is 9.88 Å². The van der Waals surface area contributed by atoms with Gasteiger partial charge in [0, 0.05) is 30.9 Å². The van der Waals surface area contributed by atoms with E-state index < -0.39 is 0 Å².